The Kier molecular flexibility index (Phi) is 5.02. The molecule has 3 rings (SSSR count). The van der Waals surface area contributed by atoms with Crippen molar-refractivity contribution >= 4 is 39.8 Å². The predicted octanol–water partition coefficient (Wildman–Crippen LogP) is 2.44. The summed E-state index contributed by atoms with van der Waals surface area (Å²) in [7, 11) is 1.75. The number of benzene rings is 1. The van der Waals surface area contributed by atoms with Gasteiger partial charge in [0, 0.05) is 24.8 Å². The Bertz CT molecular complexity index is 726. The van der Waals surface area contributed by atoms with E-state index in [1.54, 1.807) is 24.1 Å². The Morgan fingerprint density at radius 1 is 1.48 bits per heavy atom. The zero-order valence-corrected chi connectivity index (χ0v) is 14.8. The molecule has 1 fully saturated rings. The van der Waals surface area contributed by atoms with Gasteiger partial charge in [-0.2, -0.15) is 22.0 Å². The van der Waals surface area contributed by atoms with Gasteiger partial charge in [-0.3, -0.25) is 9.48 Å². The van der Waals surface area contributed by atoms with Gasteiger partial charge in [-0.25, -0.2) is 5.43 Å². The number of ether oxygens (including phenoxy) is 1. The van der Waals surface area contributed by atoms with Crippen molar-refractivity contribution in [3.63, 3.8) is 0 Å². The standard InChI is InChI=1S/C15H15BrN4O2S/c1-20-7-13(16)14(19-20)15(21)18-17-6-10-2-4-11(5-3-10)22-12-8-23-9-12/h2-7,12H,8-9H2,1H3,(H,18,21). The number of nitrogens with zero attached hydrogens (tertiary/aromatic N) is 3. The number of hydrazone groups is 1. The number of hydrogen-bond donors (Lipinski definition) is 1. The molecule has 1 aliphatic rings. The highest BCUT2D eigenvalue weighted by molar-refractivity contribution is 9.10. The number of aryl methyl sites for hydroxylation is 1. The van der Waals surface area contributed by atoms with Crippen LogP contribution in [0.1, 0.15) is 16.1 Å². The van der Waals surface area contributed by atoms with Crippen LogP contribution in [0.15, 0.2) is 40.0 Å². The summed E-state index contributed by atoms with van der Waals surface area (Å²) in [4.78, 5) is 11.9. The Morgan fingerprint density at radius 3 is 2.78 bits per heavy atom. The van der Waals surface area contributed by atoms with Crippen molar-refractivity contribution < 1.29 is 9.53 Å². The lowest BCUT2D eigenvalue weighted by Crippen LogP contribution is -2.30. The number of carbonyl (C=O) groups excluding carboxylic acids is 1. The summed E-state index contributed by atoms with van der Waals surface area (Å²) in [6, 6.07) is 7.60. The Balaban J connectivity index is 1.55. The van der Waals surface area contributed by atoms with E-state index in [1.807, 2.05) is 36.0 Å². The topological polar surface area (TPSA) is 68.5 Å². The van der Waals surface area contributed by atoms with Crippen molar-refractivity contribution in [3.05, 3.63) is 46.2 Å². The van der Waals surface area contributed by atoms with Crippen molar-refractivity contribution in [1.29, 1.82) is 0 Å². The van der Waals surface area contributed by atoms with Gasteiger partial charge in [0.25, 0.3) is 5.91 Å². The molecule has 0 radical (unpaired) electrons. The molecule has 0 atom stereocenters. The van der Waals surface area contributed by atoms with Gasteiger partial charge >= 0.3 is 0 Å². The molecule has 2 heterocycles. The van der Waals surface area contributed by atoms with Crippen LogP contribution in [-0.2, 0) is 7.05 Å². The minimum absolute atomic E-state index is 0.298. The van der Waals surface area contributed by atoms with Crippen LogP contribution >= 0.6 is 27.7 Å². The highest BCUT2D eigenvalue weighted by Crippen LogP contribution is 2.23. The van der Waals surface area contributed by atoms with Crippen molar-refractivity contribution in [2.45, 2.75) is 6.10 Å². The number of halogens is 1. The van der Waals surface area contributed by atoms with Crippen LogP contribution in [0.4, 0.5) is 0 Å². The molecule has 120 valence electrons. The maximum absolute atomic E-state index is 11.9. The molecule has 0 unspecified atom stereocenters. The van der Waals surface area contributed by atoms with Crippen LogP contribution in [0.5, 0.6) is 5.75 Å². The van der Waals surface area contributed by atoms with E-state index in [4.69, 9.17) is 4.74 Å². The summed E-state index contributed by atoms with van der Waals surface area (Å²) in [6.07, 6.45) is 3.62. The molecule has 1 saturated heterocycles. The number of thioether (sulfide) groups is 1. The third-order valence-corrected chi connectivity index (χ3v) is 4.96. The molecule has 8 heteroatoms. The van der Waals surface area contributed by atoms with Gasteiger partial charge in [-0.1, -0.05) is 0 Å². The molecule has 2 aromatic rings. The maximum Gasteiger partial charge on any atom is 0.293 e. The molecule has 1 aliphatic heterocycles. The third-order valence-electron chi connectivity index (χ3n) is 3.17. The van der Waals surface area contributed by atoms with Crippen molar-refractivity contribution in [2.75, 3.05) is 11.5 Å². The van der Waals surface area contributed by atoms with E-state index in [2.05, 4.69) is 31.6 Å². The first-order chi connectivity index (χ1) is 11.1. The van der Waals surface area contributed by atoms with Crippen molar-refractivity contribution in [2.24, 2.45) is 12.1 Å². The maximum atomic E-state index is 11.9. The monoisotopic (exact) mass is 394 g/mol. The minimum Gasteiger partial charge on any atom is -0.489 e. The first-order valence-electron chi connectivity index (χ1n) is 6.99. The summed E-state index contributed by atoms with van der Waals surface area (Å²) >= 11 is 5.17. The molecule has 1 N–H and O–H groups in total. The zero-order valence-electron chi connectivity index (χ0n) is 12.4. The Hall–Kier alpha value is -1.80. The number of nitrogens with one attached hydrogen (secondary N) is 1. The molecule has 6 nitrogen and oxygen atoms in total. The smallest absolute Gasteiger partial charge is 0.293 e. The quantitative estimate of drug-likeness (QED) is 0.624. The zero-order chi connectivity index (χ0) is 16.2. The molecule has 1 aromatic heterocycles. The largest absolute Gasteiger partial charge is 0.489 e. The molecule has 23 heavy (non-hydrogen) atoms. The second kappa shape index (κ2) is 7.18. The highest BCUT2D eigenvalue weighted by atomic mass is 79.9. The second-order valence-corrected chi connectivity index (χ2v) is 6.97. The average Bonchev–Trinajstić information content (AvgIpc) is 2.83. The number of hydrogen-bond acceptors (Lipinski definition) is 5. The summed E-state index contributed by atoms with van der Waals surface area (Å²) in [5.74, 6) is 2.60. The summed E-state index contributed by atoms with van der Waals surface area (Å²) in [6.45, 7) is 0. The Morgan fingerprint density at radius 2 is 2.22 bits per heavy atom. The lowest BCUT2D eigenvalue weighted by molar-refractivity contribution is 0.0948. The lowest BCUT2D eigenvalue weighted by atomic mass is 10.2. The number of amides is 1. The molecular formula is C15H15BrN4O2S. The molecule has 1 aromatic carbocycles. The number of rotatable bonds is 5. The summed E-state index contributed by atoms with van der Waals surface area (Å²) < 4.78 is 7.96. The van der Waals surface area contributed by atoms with E-state index in [0.717, 1.165) is 22.8 Å². The highest BCUT2D eigenvalue weighted by Gasteiger charge is 2.19. The second-order valence-electron chi connectivity index (χ2n) is 5.04. The van der Waals surface area contributed by atoms with Gasteiger partial charge in [-0.05, 0) is 45.8 Å². The Labute approximate surface area is 146 Å². The molecular weight excluding hydrogens is 380 g/mol. The van der Waals surface area contributed by atoms with Gasteiger partial charge in [0.15, 0.2) is 5.69 Å². The van der Waals surface area contributed by atoms with Gasteiger partial charge < -0.3 is 4.74 Å². The number of carbonyl (C=O) groups is 1. The van der Waals surface area contributed by atoms with Gasteiger partial charge in [0.2, 0.25) is 0 Å². The molecule has 0 saturated carbocycles. The normalized spacial score (nSPS) is 14.7. The van der Waals surface area contributed by atoms with Crippen LogP contribution in [0.3, 0.4) is 0 Å². The fraction of sp³-hybridized carbons (Fsp3) is 0.267. The fourth-order valence-corrected chi connectivity index (χ4v) is 3.06. The van der Waals surface area contributed by atoms with E-state index < -0.39 is 0 Å². The first-order valence-corrected chi connectivity index (χ1v) is 8.93. The van der Waals surface area contributed by atoms with Gasteiger partial charge in [-0.15, -0.1) is 0 Å². The third kappa shape index (κ3) is 4.14. The SMILES string of the molecule is Cn1cc(Br)c(C(=O)NN=Cc2ccc(OC3CSC3)cc2)n1. The summed E-state index contributed by atoms with van der Waals surface area (Å²) in [5, 5.41) is 8.00. The van der Waals surface area contributed by atoms with E-state index in [-0.39, 0.29) is 5.91 Å². The first kappa shape index (κ1) is 16.1. The van der Waals surface area contributed by atoms with Crippen LogP contribution in [0, 0.1) is 0 Å². The van der Waals surface area contributed by atoms with Crippen LogP contribution in [-0.4, -0.2) is 39.5 Å². The van der Waals surface area contributed by atoms with Gasteiger partial charge in [0.1, 0.15) is 11.9 Å². The van der Waals surface area contributed by atoms with Crippen molar-refractivity contribution in [3.8, 4) is 5.75 Å². The molecule has 1 amide bonds. The number of aromatic nitrogens is 2. The fourth-order valence-electron chi connectivity index (χ4n) is 1.94. The lowest BCUT2D eigenvalue weighted by Gasteiger charge is -2.25. The average molecular weight is 395 g/mol. The van der Waals surface area contributed by atoms with Crippen LogP contribution in [0.25, 0.3) is 0 Å². The predicted molar refractivity (Wildman–Crippen MR) is 94.2 cm³/mol. The summed E-state index contributed by atoms with van der Waals surface area (Å²) in [5.41, 5.74) is 3.63. The molecule has 0 spiro atoms. The van der Waals surface area contributed by atoms with Gasteiger partial charge in [0.05, 0.1) is 10.7 Å². The van der Waals surface area contributed by atoms with E-state index in [1.165, 1.54) is 0 Å². The molecule has 0 aliphatic carbocycles. The van der Waals surface area contributed by atoms with E-state index >= 15 is 0 Å². The van der Waals surface area contributed by atoms with Crippen LogP contribution in [0.2, 0.25) is 0 Å². The van der Waals surface area contributed by atoms with E-state index in [0.29, 0.717) is 16.3 Å². The minimum atomic E-state index is -0.365. The molecule has 0 bridgehead atoms. The van der Waals surface area contributed by atoms with E-state index in [9.17, 15) is 4.79 Å². The van der Waals surface area contributed by atoms with Crippen LogP contribution < -0.4 is 10.2 Å². The van der Waals surface area contributed by atoms with Crippen molar-refractivity contribution in [1.82, 2.24) is 15.2 Å².